The second kappa shape index (κ2) is 5.40. The predicted octanol–water partition coefficient (Wildman–Crippen LogP) is 2.57. The molecule has 1 atom stereocenters. The molecule has 0 bridgehead atoms. The highest BCUT2D eigenvalue weighted by Gasteiger charge is 2.14. The summed E-state index contributed by atoms with van der Waals surface area (Å²) in [4.78, 5) is 8.46. The lowest BCUT2D eigenvalue weighted by Gasteiger charge is -2.08. The number of nitrogens with zero attached hydrogens (tertiary/aromatic N) is 3. The van der Waals surface area contributed by atoms with Gasteiger partial charge in [-0.15, -0.1) is 0 Å². The molecule has 0 radical (unpaired) electrons. The van der Waals surface area contributed by atoms with Crippen molar-refractivity contribution in [2.45, 2.75) is 6.04 Å². The molecule has 0 aliphatic carbocycles. The molecule has 0 unspecified atom stereocenters. The first-order chi connectivity index (χ1) is 9.74. The third kappa shape index (κ3) is 2.54. The lowest BCUT2D eigenvalue weighted by atomic mass is 10.1. The maximum absolute atomic E-state index is 6.17. The molecule has 3 N–H and O–H groups in total. The fraction of sp³-hybridized carbons (Fsp3) is 0.0714. The largest absolute Gasteiger partial charge is 0.318 e. The summed E-state index contributed by atoms with van der Waals surface area (Å²) in [7, 11) is 0. The van der Waals surface area contributed by atoms with Crippen LogP contribution in [-0.4, -0.2) is 20.2 Å². The second-order valence-electron chi connectivity index (χ2n) is 4.32. The topological polar surface area (TPSA) is 80.5 Å². The molecule has 0 amide bonds. The van der Waals surface area contributed by atoms with Crippen molar-refractivity contribution in [3.63, 3.8) is 0 Å². The summed E-state index contributed by atoms with van der Waals surface area (Å²) >= 11 is 5.86. The van der Waals surface area contributed by atoms with E-state index in [9.17, 15) is 0 Å². The maximum atomic E-state index is 6.17. The van der Waals surface area contributed by atoms with Crippen LogP contribution in [0.5, 0.6) is 0 Å². The molecule has 6 heteroatoms. The normalized spacial score (nSPS) is 12.3. The lowest BCUT2D eigenvalue weighted by Crippen LogP contribution is -2.13. The van der Waals surface area contributed by atoms with Crippen molar-refractivity contribution in [2.24, 2.45) is 5.73 Å². The van der Waals surface area contributed by atoms with E-state index in [-0.39, 0.29) is 6.04 Å². The highest BCUT2D eigenvalue weighted by molar-refractivity contribution is 6.30. The van der Waals surface area contributed by atoms with Crippen LogP contribution in [0.25, 0.3) is 11.4 Å². The van der Waals surface area contributed by atoms with Gasteiger partial charge < -0.3 is 5.73 Å². The number of halogens is 1. The zero-order valence-electron chi connectivity index (χ0n) is 10.5. The minimum absolute atomic E-state index is 0.370. The molecule has 2 aromatic heterocycles. The molecule has 20 heavy (non-hydrogen) atoms. The van der Waals surface area contributed by atoms with Crippen molar-refractivity contribution in [2.75, 3.05) is 0 Å². The van der Waals surface area contributed by atoms with Crippen molar-refractivity contribution in [1.82, 2.24) is 20.2 Å². The lowest BCUT2D eigenvalue weighted by molar-refractivity contribution is 0.787. The number of nitrogens with one attached hydrogen (secondary N) is 1. The van der Waals surface area contributed by atoms with Gasteiger partial charge in [0.2, 0.25) is 0 Å². The Balaban J connectivity index is 1.88. The van der Waals surface area contributed by atoms with E-state index in [4.69, 9.17) is 17.3 Å². The van der Waals surface area contributed by atoms with Gasteiger partial charge in [-0.05, 0) is 29.8 Å². The van der Waals surface area contributed by atoms with E-state index < -0.39 is 0 Å². The highest BCUT2D eigenvalue weighted by Crippen LogP contribution is 2.20. The number of rotatable bonds is 3. The zero-order chi connectivity index (χ0) is 13.9. The third-order valence-electron chi connectivity index (χ3n) is 2.95. The Kier molecular flexibility index (Phi) is 3.45. The first-order valence-electron chi connectivity index (χ1n) is 6.08. The third-order valence-corrected chi connectivity index (χ3v) is 3.20. The SMILES string of the molecule is N[C@@H](c1ccc(Cl)cc1)c1nc(-c2cccnc2)n[nH]1. The van der Waals surface area contributed by atoms with Gasteiger partial charge in [-0.25, -0.2) is 4.98 Å². The fourth-order valence-corrected chi connectivity index (χ4v) is 1.99. The summed E-state index contributed by atoms with van der Waals surface area (Å²) in [5.41, 5.74) is 7.93. The molecule has 2 heterocycles. The maximum Gasteiger partial charge on any atom is 0.182 e. The molecule has 3 aromatic rings. The van der Waals surface area contributed by atoms with Crippen LogP contribution >= 0.6 is 11.6 Å². The first-order valence-corrected chi connectivity index (χ1v) is 6.45. The van der Waals surface area contributed by atoms with Gasteiger partial charge in [0.05, 0.1) is 6.04 Å². The predicted molar refractivity (Wildman–Crippen MR) is 77.1 cm³/mol. The van der Waals surface area contributed by atoms with E-state index in [0.717, 1.165) is 11.1 Å². The van der Waals surface area contributed by atoms with E-state index in [0.29, 0.717) is 16.7 Å². The fourth-order valence-electron chi connectivity index (χ4n) is 1.87. The summed E-state index contributed by atoms with van der Waals surface area (Å²) in [6.07, 6.45) is 3.41. The summed E-state index contributed by atoms with van der Waals surface area (Å²) < 4.78 is 0. The van der Waals surface area contributed by atoms with Crippen LogP contribution in [0.3, 0.4) is 0 Å². The summed E-state index contributed by atoms with van der Waals surface area (Å²) in [6.45, 7) is 0. The molecule has 100 valence electrons. The van der Waals surface area contributed by atoms with Gasteiger partial charge >= 0.3 is 0 Å². The summed E-state index contributed by atoms with van der Waals surface area (Å²) in [5, 5.41) is 7.71. The molecule has 0 aliphatic heterocycles. The number of benzene rings is 1. The van der Waals surface area contributed by atoms with Crippen LogP contribution in [0.2, 0.25) is 5.02 Å². The molecule has 5 nitrogen and oxygen atoms in total. The molecule has 0 aliphatic rings. The van der Waals surface area contributed by atoms with E-state index in [1.807, 2.05) is 24.3 Å². The Bertz CT molecular complexity index is 693. The van der Waals surface area contributed by atoms with Crippen molar-refractivity contribution in [3.8, 4) is 11.4 Å². The van der Waals surface area contributed by atoms with Gasteiger partial charge in [0, 0.05) is 23.0 Å². The van der Waals surface area contributed by atoms with Gasteiger partial charge in [-0.1, -0.05) is 23.7 Å². The number of H-pyrrole nitrogens is 1. The Hall–Kier alpha value is -2.24. The van der Waals surface area contributed by atoms with Gasteiger partial charge in [0.25, 0.3) is 0 Å². The molecule has 0 spiro atoms. The average Bonchev–Trinajstić information content (AvgIpc) is 2.98. The Morgan fingerprint density at radius 3 is 2.65 bits per heavy atom. The van der Waals surface area contributed by atoms with Crippen molar-refractivity contribution in [3.05, 3.63) is 65.2 Å². The van der Waals surface area contributed by atoms with Crippen LogP contribution in [0.15, 0.2) is 48.8 Å². The van der Waals surface area contributed by atoms with Crippen LogP contribution in [0, 0.1) is 0 Å². The van der Waals surface area contributed by atoms with Crippen LogP contribution in [0.1, 0.15) is 17.4 Å². The van der Waals surface area contributed by atoms with Crippen molar-refractivity contribution >= 4 is 11.6 Å². The Morgan fingerprint density at radius 1 is 1.15 bits per heavy atom. The van der Waals surface area contributed by atoms with Gasteiger partial charge in [0.15, 0.2) is 5.82 Å². The first kappa shape index (κ1) is 12.8. The molecular weight excluding hydrogens is 274 g/mol. The van der Waals surface area contributed by atoms with E-state index in [1.165, 1.54) is 0 Å². The minimum Gasteiger partial charge on any atom is -0.318 e. The average molecular weight is 286 g/mol. The van der Waals surface area contributed by atoms with E-state index >= 15 is 0 Å². The number of aromatic nitrogens is 4. The number of nitrogens with two attached hydrogens (primary N) is 1. The summed E-state index contributed by atoms with van der Waals surface area (Å²) in [5.74, 6) is 1.18. The molecule has 0 saturated carbocycles. The molecule has 1 aromatic carbocycles. The highest BCUT2D eigenvalue weighted by atomic mass is 35.5. The molecule has 0 fully saturated rings. The Morgan fingerprint density at radius 2 is 1.95 bits per heavy atom. The smallest absolute Gasteiger partial charge is 0.182 e. The Labute approximate surface area is 120 Å². The van der Waals surface area contributed by atoms with Crippen molar-refractivity contribution in [1.29, 1.82) is 0 Å². The zero-order valence-corrected chi connectivity index (χ0v) is 11.2. The standard InChI is InChI=1S/C14H12ClN5/c15-11-5-3-9(4-6-11)12(16)14-18-13(19-20-14)10-2-1-7-17-8-10/h1-8,12H,16H2,(H,18,19,20)/t12-/m0/s1. The van der Waals surface area contributed by atoms with Crippen LogP contribution in [0.4, 0.5) is 0 Å². The number of pyridine rings is 1. The molecular formula is C14H12ClN5. The van der Waals surface area contributed by atoms with Crippen molar-refractivity contribution < 1.29 is 0 Å². The van der Waals surface area contributed by atoms with E-state index in [1.54, 1.807) is 24.5 Å². The number of hydrogen-bond acceptors (Lipinski definition) is 4. The van der Waals surface area contributed by atoms with Crippen LogP contribution in [-0.2, 0) is 0 Å². The molecule has 0 saturated heterocycles. The quantitative estimate of drug-likeness (QED) is 0.775. The number of aromatic amines is 1. The van der Waals surface area contributed by atoms with E-state index in [2.05, 4.69) is 20.2 Å². The second-order valence-corrected chi connectivity index (χ2v) is 4.75. The van der Waals surface area contributed by atoms with Gasteiger partial charge in [0.1, 0.15) is 5.82 Å². The monoisotopic (exact) mass is 285 g/mol. The van der Waals surface area contributed by atoms with Crippen LogP contribution < -0.4 is 5.73 Å². The molecule has 3 rings (SSSR count). The van der Waals surface area contributed by atoms with Gasteiger partial charge in [-0.3, -0.25) is 10.1 Å². The van der Waals surface area contributed by atoms with Gasteiger partial charge in [-0.2, -0.15) is 5.10 Å². The number of hydrogen-bond donors (Lipinski definition) is 2. The summed E-state index contributed by atoms with van der Waals surface area (Å²) in [6, 6.07) is 10.7. The minimum atomic E-state index is -0.370.